The van der Waals surface area contributed by atoms with Crippen LogP contribution < -0.4 is 9.47 Å². The lowest BCUT2D eigenvalue weighted by atomic mass is 10.2. The van der Waals surface area contributed by atoms with Gasteiger partial charge in [0.2, 0.25) is 0 Å². The molecule has 0 aliphatic rings. The third-order valence-electron chi connectivity index (χ3n) is 2.67. The number of para-hydroxylation sites is 1. The van der Waals surface area contributed by atoms with Gasteiger partial charge in [0.25, 0.3) is 0 Å². The van der Waals surface area contributed by atoms with E-state index >= 15 is 0 Å². The Morgan fingerprint density at radius 3 is 1.84 bits per heavy atom. The summed E-state index contributed by atoms with van der Waals surface area (Å²) in [6, 6.07) is 12.4. The Labute approximate surface area is 113 Å². The van der Waals surface area contributed by atoms with Gasteiger partial charge in [0.05, 0.1) is 14.2 Å². The molecular formula is C16H19FO2. The second kappa shape index (κ2) is 7.41. The molecule has 102 valence electrons. The lowest BCUT2D eigenvalue weighted by Crippen LogP contribution is -1.86. The number of aryl methyl sites for hydroxylation is 2. The minimum absolute atomic E-state index is 0.224. The van der Waals surface area contributed by atoms with E-state index < -0.39 is 0 Å². The number of ether oxygens (including phenoxy) is 2. The van der Waals surface area contributed by atoms with Crippen LogP contribution in [0.15, 0.2) is 42.5 Å². The topological polar surface area (TPSA) is 18.5 Å². The summed E-state index contributed by atoms with van der Waals surface area (Å²) in [6.07, 6.45) is 0. The third-order valence-corrected chi connectivity index (χ3v) is 2.67. The molecule has 0 fully saturated rings. The fourth-order valence-electron chi connectivity index (χ4n) is 1.63. The predicted molar refractivity (Wildman–Crippen MR) is 75.4 cm³/mol. The molecule has 0 spiro atoms. The van der Waals surface area contributed by atoms with Gasteiger partial charge >= 0.3 is 0 Å². The fraction of sp³-hybridized carbons (Fsp3) is 0.250. The molecule has 2 nitrogen and oxygen atoms in total. The molecule has 0 unspecified atom stereocenters. The van der Waals surface area contributed by atoms with Crippen molar-refractivity contribution in [2.45, 2.75) is 13.8 Å². The van der Waals surface area contributed by atoms with Gasteiger partial charge in [0.1, 0.15) is 17.3 Å². The Bertz CT molecular complexity index is 524. The van der Waals surface area contributed by atoms with Gasteiger partial charge in [-0.05, 0) is 49.2 Å². The minimum Gasteiger partial charge on any atom is -0.496 e. The first kappa shape index (κ1) is 15.0. The van der Waals surface area contributed by atoms with Crippen LogP contribution >= 0.6 is 0 Å². The van der Waals surface area contributed by atoms with E-state index in [1.807, 2.05) is 38.1 Å². The molecule has 2 aromatic rings. The molecule has 0 aliphatic carbocycles. The van der Waals surface area contributed by atoms with Crippen molar-refractivity contribution in [3.63, 3.8) is 0 Å². The fourth-order valence-corrected chi connectivity index (χ4v) is 1.63. The molecular weight excluding hydrogens is 243 g/mol. The molecule has 2 aromatic carbocycles. The lowest BCUT2D eigenvalue weighted by molar-refractivity contribution is 0.410. The van der Waals surface area contributed by atoms with Crippen LogP contribution in [0.2, 0.25) is 0 Å². The maximum absolute atomic E-state index is 12.4. The SMILES string of the molecule is COc1ccc(F)cc1C.COc1ccccc1C. The maximum atomic E-state index is 12.4. The average molecular weight is 262 g/mol. The summed E-state index contributed by atoms with van der Waals surface area (Å²) < 4.78 is 22.4. The van der Waals surface area contributed by atoms with Gasteiger partial charge in [0, 0.05) is 0 Å². The highest BCUT2D eigenvalue weighted by Crippen LogP contribution is 2.17. The van der Waals surface area contributed by atoms with Crippen molar-refractivity contribution in [2.75, 3.05) is 14.2 Å². The molecule has 3 heteroatoms. The van der Waals surface area contributed by atoms with Crippen LogP contribution in [0, 0.1) is 19.7 Å². The number of benzene rings is 2. The first-order valence-corrected chi connectivity index (χ1v) is 5.98. The van der Waals surface area contributed by atoms with E-state index in [0.717, 1.165) is 17.1 Å². The van der Waals surface area contributed by atoms with E-state index in [9.17, 15) is 4.39 Å². The van der Waals surface area contributed by atoms with Gasteiger partial charge in [-0.25, -0.2) is 4.39 Å². The van der Waals surface area contributed by atoms with Gasteiger partial charge in [-0.15, -0.1) is 0 Å². The van der Waals surface area contributed by atoms with Crippen molar-refractivity contribution < 1.29 is 13.9 Å². The standard InChI is InChI=1S/C8H9FO.C8H10O/c1-6-5-7(9)3-4-8(6)10-2;1-7-5-3-4-6-8(7)9-2/h3-5H,1-2H3;3-6H,1-2H3. The van der Waals surface area contributed by atoms with Crippen LogP contribution in [0.5, 0.6) is 11.5 Å². The summed E-state index contributed by atoms with van der Waals surface area (Å²) in [7, 11) is 3.25. The summed E-state index contributed by atoms with van der Waals surface area (Å²) in [5.41, 5.74) is 2.00. The Hall–Kier alpha value is -2.03. The summed E-state index contributed by atoms with van der Waals surface area (Å²) >= 11 is 0. The zero-order valence-corrected chi connectivity index (χ0v) is 11.7. The number of rotatable bonds is 2. The molecule has 0 heterocycles. The predicted octanol–water partition coefficient (Wildman–Crippen LogP) is 4.15. The minimum atomic E-state index is -0.224. The summed E-state index contributed by atoms with van der Waals surface area (Å²) in [5, 5.41) is 0. The van der Waals surface area contributed by atoms with Crippen molar-refractivity contribution >= 4 is 0 Å². The highest BCUT2D eigenvalue weighted by atomic mass is 19.1. The van der Waals surface area contributed by atoms with Gasteiger partial charge < -0.3 is 9.47 Å². The monoisotopic (exact) mass is 262 g/mol. The largest absolute Gasteiger partial charge is 0.496 e. The van der Waals surface area contributed by atoms with Crippen molar-refractivity contribution in [1.29, 1.82) is 0 Å². The van der Waals surface area contributed by atoms with Crippen LogP contribution in [0.3, 0.4) is 0 Å². The van der Waals surface area contributed by atoms with Crippen LogP contribution in [0.1, 0.15) is 11.1 Å². The van der Waals surface area contributed by atoms with Gasteiger partial charge in [-0.2, -0.15) is 0 Å². The lowest BCUT2D eigenvalue weighted by Gasteiger charge is -2.01. The zero-order valence-electron chi connectivity index (χ0n) is 11.7. The quantitative estimate of drug-likeness (QED) is 0.809. The molecule has 0 amide bonds. The Morgan fingerprint density at radius 2 is 1.37 bits per heavy atom. The molecule has 2 rings (SSSR count). The molecule has 0 aliphatic heterocycles. The highest BCUT2D eigenvalue weighted by Gasteiger charge is 1.97. The number of hydrogen-bond acceptors (Lipinski definition) is 2. The molecule has 0 N–H and O–H groups in total. The molecule has 19 heavy (non-hydrogen) atoms. The molecule has 0 atom stereocenters. The normalized spacial score (nSPS) is 9.32. The van der Waals surface area contributed by atoms with Crippen LogP contribution in [0.4, 0.5) is 4.39 Å². The Balaban J connectivity index is 0.000000191. The zero-order chi connectivity index (χ0) is 14.3. The average Bonchev–Trinajstić information content (AvgIpc) is 2.40. The van der Waals surface area contributed by atoms with Crippen LogP contribution in [0.25, 0.3) is 0 Å². The second-order valence-electron chi connectivity index (χ2n) is 4.08. The number of halogens is 1. The molecule has 0 bridgehead atoms. The van der Waals surface area contributed by atoms with E-state index in [0.29, 0.717) is 0 Å². The molecule has 0 aromatic heterocycles. The first-order valence-electron chi connectivity index (χ1n) is 5.98. The summed E-state index contributed by atoms with van der Waals surface area (Å²) in [5.74, 6) is 1.46. The molecule has 0 saturated carbocycles. The number of hydrogen-bond donors (Lipinski definition) is 0. The van der Waals surface area contributed by atoms with Gasteiger partial charge in [-0.1, -0.05) is 18.2 Å². The van der Waals surface area contributed by atoms with Crippen molar-refractivity contribution in [3.8, 4) is 11.5 Å². The van der Waals surface area contributed by atoms with Crippen molar-refractivity contribution in [1.82, 2.24) is 0 Å². The van der Waals surface area contributed by atoms with E-state index in [4.69, 9.17) is 9.47 Å². The van der Waals surface area contributed by atoms with Gasteiger partial charge in [0.15, 0.2) is 0 Å². The van der Waals surface area contributed by atoms with Crippen molar-refractivity contribution in [2.24, 2.45) is 0 Å². The highest BCUT2D eigenvalue weighted by molar-refractivity contribution is 5.32. The van der Waals surface area contributed by atoms with Gasteiger partial charge in [-0.3, -0.25) is 0 Å². The van der Waals surface area contributed by atoms with E-state index in [2.05, 4.69) is 0 Å². The van der Waals surface area contributed by atoms with E-state index in [1.165, 1.54) is 17.7 Å². The smallest absolute Gasteiger partial charge is 0.123 e. The summed E-state index contributed by atoms with van der Waals surface area (Å²) in [4.78, 5) is 0. The summed E-state index contributed by atoms with van der Waals surface area (Å²) in [6.45, 7) is 3.83. The molecule has 0 radical (unpaired) electrons. The Kier molecular flexibility index (Phi) is 5.86. The van der Waals surface area contributed by atoms with Crippen LogP contribution in [-0.2, 0) is 0 Å². The number of methoxy groups -OCH3 is 2. The first-order chi connectivity index (χ1) is 9.08. The van der Waals surface area contributed by atoms with E-state index in [1.54, 1.807) is 20.3 Å². The van der Waals surface area contributed by atoms with Crippen molar-refractivity contribution in [3.05, 3.63) is 59.4 Å². The maximum Gasteiger partial charge on any atom is 0.123 e. The Morgan fingerprint density at radius 1 is 0.789 bits per heavy atom. The third kappa shape index (κ3) is 4.62. The van der Waals surface area contributed by atoms with Crippen LogP contribution in [-0.4, -0.2) is 14.2 Å². The molecule has 0 saturated heterocycles. The van der Waals surface area contributed by atoms with E-state index in [-0.39, 0.29) is 5.82 Å². The second-order valence-corrected chi connectivity index (χ2v) is 4.08.